The number of likely N-dealkylation sites (tertiary alicyclic amines) is 2. The molecule has 6 aromatic rings. The monoisotopic (exact) mass is 1900 g/mol. The van der Waals surface area contributed by atoms with Gasteiger partial charge in [0.15, 0.2) is 61.1 Å². The molecule has 3 saturated heterocycles. The number of amidine groups is 3. The van der Waals surface area contributed by atoms with Gasteiger partial charge in [-0.05, 0) is 250 Å². The molecule has 0 unspecified atom stereocenters. The van der Waals surface area contributed by atoms with Crippen LogP contribution in [0, 0.1) is 73.7 Å². The van der Waals surface area contributed by atoms with E-state index in [4.69, 9.17) is 29.7 Å². The molecule has 0 aliphatic carbocycles. The molecule has 9 heterocycles. The molecule has 0 bridgehead atoms. The first-order valence-electron chi connectivity index (χ1n) is 42.0. The standard InChI is InChI=1S/C33H41FN4O8S.C31H39FN4O7S.C23H25FN4O4S.C8H6.CH4.H2/c1-20-10-13-25(35-16-20)26(40)15-22-11-12-24(34)23(14-22)32(9)19-47(43,44)33(17-37(18-33)21(2)39)27(36-32)38(28(41)45-30(3,4)5)29(42)46-31(6,7)8;1-19-9-12-23(34-15-19)24(37)14-20-10-11-22(32)21(13-20)30(8)18-44(40,41)31(16-33-17-31)25(35-30)36(26(38)42-28(2,3)4)27(39)43-29(5,6)7;1-14-4-7-19(26-10-14)20(30)9-16-5-6-18(24)17(8-16)22(3)13-33(31,32)23(21(25)27-22)11-28(12-23)15(2)29;1-3-5-7-8-6-4-2;;/h10-14,16H,15,17-19H2,1-9H3;9-13,15,33H,14,16-18H2,1-8H3;4-8,10H,9,11-13H2,1-3H3,(H2,25,27);1-2H3;1H4;1H/t32-;30-;22-;;;/m000.../s1/i;;;;;1+1. The summed E-state index contributed by atoms with van der Waals surface area (Å²) in [7, 11) is -12.4. The lowest BCUT2D eigenvalue weighted by atomic mass is 9.89. The van der Waals surface area contributed by atoms with Crippen LogP contribution in [0.4, 0.5) is 32.3 Å². The van der Waals surface area contributed by atoms with Crippen LogP contribution in [0.1, 0.15) is 222 Å². The number of sulfone groups is 3. The third-order valence-electron chi connectivity index (χ3n) is 21.7. The molecular weight excluding hydrogens is 1780 g/mol. The van der Waals surface area contributed by atoms with E-state index >= 15 is 8.78 Å². The van der Waals surface area contributed by atoms with Gasteiger partial charge in [-0.1, -0.05) is 55.7 Å². The highest BCUT2D eigenvalue weighted by molar-refractivity contribution is 7.94. The number of aliphatic imine (C=N–C) groups is 3. The van der Waals surface area contributed by atoms with Crippen molar-refractivity contribution in [3.05, 3.63) is 194 Å². The van der Waals surface area contributed by atoms with Crippen LogP contribution in [0.5, 0.6) is 0 Å². The Labute approximate surface area is 777 Å². The number of carbonyl (C=O) groups is 9. The van der Waals surface area contributed by atoms with E-state index in [1.807, 2.05) is 20.8 Å². The zero-order chi connectivity index (χ0) is 98.6. The van der Waals surface area contributed by atoms with Crippen molar-refractivity contribution in [2.75, 3.05) is 56.5 Å². The quantitative estimate of drug-likeness (QED) is 0.0652. The van der Waals surface area contributed by atoms with Gasteiger partial charge >= 0.3 is 24.4 Å². The van der Waals surface area contributed by atoms with Crippen molar-refractivity contribution >= 4 is 101 Å². The fourth-order valence-corrected chi connectivity index (χ4v) is 21.9. The Morgan fingerprint density at radius 3 is 0.955 bits per heavy atom. The third-order valence-corrected chi connectivity index (χ3v) is 29.5. The molecule has 0 radical (unpaired) electrons. The number of nitrogens with one attached hydrogen (secondary N) is 1. The van der Waals surface area contributed by atoms with Gasteiger partial charge in [-0.15, -0.1) is 0 Å². The van der Waals surface area contributed by atoms with E-state index in [0.29, 0.717) is 32.2 Å². The lowest BCUT2D eigenvalue weighted by molar-refractivity contribution is -0.133. The van der Waals surface area contributed by atoms with Crippen LogP contribution in [0.15, 0.2) is 125 Å². The zero-order valence-electron chi connectivity index (χ0n) is 78.0. The highest BCUT2D eigenvalue weighted by Crippen LogP contribution is 2.48. The minimum atomic E-state index is -4.38. The normalized spacial score (nSPS) is 19.9. The number of carbonyl (C=O) groups excluding carboxylic acids is 9. The van der Waals surface area contributed by atoms with E-state index in [0.717, 1.165) is 28.8 Å². The molecule has 12 rings (SSSR count). The maximum absolute atomic E-state index is 15.7. The molecule has 31 nitrogen and oxygen atoms in total. The van der Waals surface area contributed by atoms with E-state index in [9.17, 15) is 72.8 Å². The molecule has 3 N–H and O–H groups in total. The van der Waals surface area contributed by atoms with Gasteiger partial charge in [0, 0.05) is 109 Å². The minimum Gasteiger partial charge on any atom is -0.443 e. The van der Waals surface area contributed by atoms with Crippen LogP contribution < -0.4 is 11.1 Å². The Kier molecular flexibility index (Phi) is 31.7. The number of benzene rings is 3. The van der Waals surface area contributed by atoms with E-state index in [2.05, 4.69) is 65.8 Å². The first-order valence-corrected chi connectivity index (χ1v) is 46.9. The van der Waals surface area contributed by atoms with Crippen LogP contribution in [0.3, 0.4) is 0 Å². The summed E-state index contributed by atoms with van der Waals surface area (Å²) < 4.78 is 146. The Bertz CT molecular complexity index is 6200. The molecule has 0 saturated carbocycles. The summed E-state index contributed by atoms with van der Waals surface area (Å²) in [4.78, 5) is 147. The average Bonchev–Trinajstić information content (AvgIpc) is 0.693. The smallest absolute Gasteiger partial charge is 0.425 e. The van der Waals surface area contributed by atoms with Gasteiger partial charge in [0.05, 0.1) is 17.3 Å². The van der Waals surface area contributed by atoms with Gasteiger partial charge in [-0.3, -0.25) is 53.9 Å². The number of pyridine rings is 3. The lowest BCUT2D eigenvalue weighted by Gasteiger charge is -2.53. The number of aryl methyl sites for hydroxylation is 3. The molecule has 6 aliphatic heterocycles. The number of Topliss-reactive ketones (excluding diaryl/α,β-unsaturated/α-hetero) is 3. The van der Waals surface area contributed by atoms with E-state index in [1.54, 1.807) is 152 Å². The number of nitrogens with two attached hydrogens (primary N) is 1. The summed E-state index contributed by atoms with van der Waals surface area (Å²) in [5.41, 5.74) is 1.11. The molecule has 6 aliphatic rings. The highest BCUT2D eigenvalue weighted by atomic mass is 32.2. The van der Waals surface area contributed by atoms with Gasteiger partial charge in [0.25, 0.3) is 0 Å². The predicted molar refractivity (Wildman–Crippen MR) is 498 cm³/mol. The average molecular weight is 1900 g/mol. The molecule has 3 atom stereocenters. The van der Waals surface area contributed by atoms with Gasteiger partial charge in [-0.25, -0.2) is 57.6 Å². The van der Waals surface area contributed by atoms with Crippen molar-refractivity contribution in [3.63, 3.8) is 0 Å². The SMILES string of the molecule is C.CC#CC#CC#CC.CC(=O)N1CC2(C1)C(N(C(=O)OC(C)(C)C)C(=O)OC(C)(C)C)=N[C@](C)(c1cc(CC(=O)c3ccc(C)cn3)ccc1F)CS2(=O)=O.CC(=O)N1CC2(C1)C(N)=N[C@](C)(c1cc(CC(=O)c3ccc(C)cn3)ccc1F)CS2(=O)=O.Cc1ccc(C(=O)Cc2ccc(F)c([C@]3(C)CS(=O)(=O)C4(CNC4)C(N(C(=O)OC(C)(C)C)C(=O)OC(C)(C)C)=N3)c2)nc1.[2HH]. The second-order valence-electron chi connectivity index (χ2n) is 37.8. The topological polar surface area (TPSA) is 420 Å². The maximum atomic E-state index is 15.7. The van der Waals surface area contributed by atoms with Gasteiger partial charge in [-0.2, -0.15) is 9.80 Å². The number of ketones is 3. The molecule has 3 aromatic carbocycles. The first-order chi connectivity index (χ1) is 60.9. The summed E-state index contributed by atoms with van der Waals surface area (Å²) in [5, 5.41) is 2.91. The second-order valence-corrected chi connectivity index (χ2v) is 44.7. The highest BCUT2D eigenvalue weighted by Gasteiger charge is 2.67. The molecule has 3 aromatic heterocycles. The van der Waals surface area contributed by atoms with E-state index in [-0.39, 0.29) is 111 Å². The summed E-state index contributed by atoms with van der Waals surface area (Å²) in [6, 6.07) is 22.1. The molecule has 133 heavy (non-hydrogen) atoms. The van der Waals surface area contributed by atoms with Gasteiger partial charge in [0.1, 0.15) is 91.1 Å². The molecule has 6 amide bonds. The number of aromatic nitrogens is 3. The Hall–Kier alpha value is -12.4. The van der Waals surface area contributed by atoms with Crippen molar-refractivity contribution in [3.8, 4) is 35.5 Å². The third kappa shape index (κ3) is 24.2. The maximum Gasteiger partial charge on any atom is 0.425 e. The minimum absolute atomic E-state index is 0. The van der Waals surface area contributed by atoms with Crippen molar-refractivity contribution in [1.29, 1.82) is 0 Å². The number of amides is 6. The number of rotatable bonds is 12. The molecular formula is C96H117F3N12O19S3. The second kappa shape index (κ2) is 39.8. The van der Waals surface area contributed by atoms with Crippen LogP contribution in [0.2, 0.25) is 0 Å². The fraction of sp³-hybridized carbons (Fsp3) is 0.469. The van der Waals surface area contributed by atoms with Crippen molar-refractivity contribution in [2.45, 2.75) is 232 Å². The van der Waals surface area contributed by atoms with Crippen LogP contribution in [0.25, 0.3) is 0 Å². The Balaban J connectivity index is 0.000000264. The van der Waals surface area contributed by atoms with Gasteiger partial charge < -0.3 is 39.8 Å². The number of hydrogen-bond acceptors (Lipinski definition) is 27. The van der Waals surface area contributed by atoms with Crippen molar-refractivity contribution in [2.24, 2.45) is 20.7 Å². The van der Waals surface area contributed by atoms with Crippen LogP contribution in [-0.2, 0) is 93.9 Å². The first kappa shape index (κ1) is 106. The zero-order valence-corrected chi connectivity index (χ0v) is 80.5. The van der Waals surface area contributed by atoms with Crippen molar-refractivity contribution < 1.29 is 102 Å². The predicted octanol–water partition coefficient (Wildman–Crippen LogP) is 12.8. The number of ether oxygens (including phenoxy) is 4. The Morgan fingerprint density at radius 2 is 0.707 bits per heavy atom. The summed E-state index contributed by atoms with van der Waals surface area (Å²) in [6.07, 6.45) is -0.463. The number of hydrogen-bond donors (Lipinski definition) is 2. The number of halogens is 3. The largest absolute Gasteiger partial charge is 0.443 e. The number of imide groups is 2. The summed E-state index contributed by atoms with van der Waals surface area (Å²) in [6.45, 7) is 33.7. The fourth-order valence-electron chi connectivity index (χ4n) is 15.0. The van der Waals surface area contributed by atoms with Crippen molar-refractivity contribution in [1.82, 2.24) is 39.9 Å². The molecule has 3 spiro atoms. The van der Waals surface area contributed by atoms with Gasteiger partial charge in [0.2, 0.25) is 11.8 Å². The van der Waals surface area contributed by atoms with E-state index < -0.39 is 173 Å². The Morgan fingerprint density at radius 1 is 0.436 bits per heavy atom. The summed E-state index contributed by atoms with van der Waals surface area (Å²) >= 11 is 0. The lowest BCUT2D eigenvalue weighted by Crippen LogP contribution is -2.77. The summed E-state index contributed by atoms with van der Waals surface area (Å²) in [5.74, 6) is 8.85. The molecule has 37 heteroatoms. The number of nitrogens with zero attached hydrogens (tertiary/aromatic N) is 10. The molecule has 3 fully saturated rings. The van der Waals surface area contributed by atoms with Crippen LogP contribution in [-0.4, -0.2) is 224 Å². The molecule has 714 valence electrons. The van der Waals surface area contributed by atoms with Crippen LogP contribution >= 0.6 is 0 Å². The van der Waals surface area contributed by atoms with E-state index in [1.165, 1.54) is 86.9 Å².